The van der Waals surface area contributed by atoms with Gasteiger partial charge in [-0.15, -0.1) is 0 Å². The molecule has 0 aliphatic rings. The topological polar surface area (TPSA) is 77.6 Å². The Bertz CT molecular complexity index is 1900. The lowest BCUT2D eigenvalue weighted by Crippen LogP contribution is -2.28. The van der Waals surface area contributed by atoms with E-state index in [0.717, 1.165) is 22.2 Å². The third kappa shape index (κ3) is 3.32. The van der Waals surface area contributed by atoms with Gasteiger partial charge >= 0.3 is 0 Å². The third-order valence-electron chi connectivity index (χ3n) is 6.58. The van der Waals surface area contributed by atoms with Crippen molar-refractivity contribution >= 4 is 34.0 Å². The minimum atomic E-state index is -0.290. The second-order valence-corrected chi connectivity index (χ2v) is 8.66. The molecule has 7 heteroatoms. The number of para-hydroxylation sites is 3. The monoisotopic (exact) mass is 473 g/mol. The highest BCUT2D eigenvalue weighted by molar-refractivity contribution is 5.91. The fourth-order valence-electron chi connectivity index (χ4n) is 4.69. The van der Waals surface area contributed by atoms with Crippen molar-refractivity contribution in [2.24, 2.45) is 7.05 Å². The molecule has 0 saturated heterocycles. The normalized spacial score (nSPS) is 11.7. The zero-order valence-electron chi connectivity index (χ0n) is 19.8. The molecule has 0 bridgehead atoms. The Hall–Kier alpha value is -4.91. The van der Waals surface area contributed by atoms with E-state index in [2.05, 4.69) is 4.98 Å². The fourth-order valence-corrected chi connectivity index (χ4v) is 4.69. The molecule has 3 aromatic carbocycles. The summed E-state index contributed by atoms with van der Waals surface area (Å²) in [5.74, 6) is 0.384. The summed E-state index contributed by atoms with van der Waals surface area (Å²) in [4.78, 5) is 35.7. The molecular formula is C29H23N5O2. The van der Waals surface area contributed by atoms with Gasteiger partial charge < -0.3 is 4.98 Å². The number of aromatic amines is 1. The number of hydrogen-bond acceptors (Lipinski definition) is 3. The second-order valence-electron chi connectivity index (χ2n) is 8.66. The van der Waals surface area contributed by atoms with Gasteiger partial charge in [-0.2, -0.15) is 0 Å². The van der Waals surface area contributed by atoms with Crippen molar-refractivity contribution in [3.8, 4) is 11.4 Å². The highest BCUT2D eigenvalue weighted by Crippen LogP contribution is 2.21. The number of rotatable bonds is 4. The molecule has 1 N–H and O–H groups in total. The maximum absolute atomic E-state index is 13.8. The van der Waals surface area contributed by atoms with Crippen molar-refractivity contribution in [1.82, 2.24) is 23.9 Å². The predicted molar refractivity (Wildman–Crippen MR) is 144 cm³/mol. The lowest BCUT2D eigenvalue weighted by molar-refractivity contribution is 0.630. The summed E-state index contributed by atoms with van der Waals surface area (Å²) in [5.41, 5.74) is 3.64. The summed E-state index contributed by atoms with van der Waals surface area (Å²) < 4.78 is 4.77. The van der Waals surface area contributed by atoms with E-state index in [9.17, 15) is 9.59 Å². The van der Waals surface area contributed by atoms with Gasteiger partial charge in [0.05, 0.1) is 22.3 Å². The lowest BCUT2D eigenvalue weighted by Gasteiger charge is -2.10. The molecule has 0 radical (unpaired) electrons. The van der Waals surface area contributed by atoms with Gasteiger partial charge in [0.1, 0.15) is 11.5 Å². The van der Waals surface area contributed by atoms with Crippen molar-refractivity contribution in [1.29, 1.82) is 0 Å². The predicted octanol–water partition coefficient (Wildman–Crippen LogP) is 4.84. The van der Waals surface area contributed by atoms with E-state index < -0.39 is 0 Å². The Morgan fingerprint density at radius 2 is 1.50 bits per heavy atom. The Morgan fingerprint density at radius 3 is 2.31 bits per heavy atom. The van der Waals surface area contributed by atoms with E-state index in [0.29, 0.717) is 22.4 Å². The number of aromatic nitrogens is 5. The molecule has 36 heavy (non-hydrogen) atoms. The molecule has 0 aliphatic carbocycles. The Balaban J connectivity index is 1.63. The van der Waals surface area contributed by atoms with Crippen LogP contribution in [0.25, 0.3) is 45.3 Å². The summed E-state index contributed by atoms with van der Waals surface area (Å²) in [5, 5.41) is 1.52. The zero-order chi connectivity index (χ0) is 24.8. The van der Waals surface area contributed by atoms with E-state index in [1.807, 2.05) is 93.0 Å². The van der Waals surface area contributed by atoms with Gasteiger partial charge in [0, 0.05) is 24.1 Å². The molecular weight excluding hydrogens is 450 g/mol. The van der Waals surface area contributed by atoms with E-state index in [-0.39, 0.29) is 16.8 Å². The van der Waals surface area contributed by atoms with Crippen molar-refractivity contribution in [2.75, 3.05) is 0 Å². The first kappa shape index (κ1) is 21.6. The first-order valence-corrected chi connectivity index (χ1v) is 11.6. The maximum atomic E-state index is 13.8. The third-order valence-corrected chi connectivity index (χ3v) is 6.58. The minimum absolute atomic E-state index is 0.281. The zero-order valence-corrected chi connectivity index (χ0v) is 19.8. The molecule has 0 amide bonds. The summed E-state index contributed by atoms with van der Waals surface area (Å²) >= 11 is 0. The van der Waals surface area contributed by atoms with Crippen LogP contribution in [-0.2, 0) is 7.05 Å². The average Bonchev–Trinajstić information content (AvgIpc) is 3.41. The lowest BCUT2D eigenvalue weighted by atomic mass is 10.1. The molecule has 0 fully saturated rings. The summed E-state index contributed by atoms with van der Waals surface area (Å²) in [6.45, 7) is 1.84. The molecule has 6 aromatic rings. The number of H-pyrrole nitrogens is 1. The number of nitrogens with zero attached hydrogens (tertiary/aromatic N) is 4. The van der Waals surface area contributed by atoms with Gasteiger partial charge in [0.15, 0.2) is 0 Å². The highest BCUT2D eigenvalue weighted by atomic mass is 16.1. The van der Waals surface area contributed by atoms with Gasteiger partial charge in [0.25, 0.3) is 11.1 Å². The van der Waals surface area contributed by atoms with Crippen LogP contribution in [0.2, 0.25) is 0 Å². The van der Waals surface area contributed by atoms with Crippen LogP contribution >= 0.6 is 0 Å². The van der Waals surface area contributed by atoms with Crippen LogP contribution in [-0.4, -0.2) is 23.9 Å². The minimum Gasteiger partial charge on any atom is -0.361 e. The molecule has 0 spiro atoms. The number of nitrogens with one attached hydrogen (secondary N) is 1. The number of hydrogen-bond donors (Lipinski definition) is 1. The van der Waals surface area contributed by atoms with Crippen LogP contribution in [0.4, 0.5) is 0 Å². The standard InChI is InChI=1S/C29H23N5O2/c1-19-27(29(36)34(32(19)2)21-10-4-3-5-11-21)33-26(31-25-15-9-7-13-23(25)28(33)35)17-16-20-18-30-24-14-8-6-12-22(20)24/h3-18,30H,1-2H3/b17-16+. The molecule has 0 aliphatic heterocycles. The smallest absolute Gasteiger partial charge is 0.296 e. The van der Waals surface area contributed by atoms with Crippen molar-refractivity contribution in [3.05, 3.63) is 123 Å². The maximum Gasteiger partial charge on any atom is 0.296 e. The molecule has 176 valence electrons. The number of fused-ring (bicyclic) bond motifs is 2. The van der Waals surface area contributed by atoms with E-state index >= 15 is 0 Å². The largest absolute Gasteiger partial charge is 0.361 e. The first-order chi connectivity index (χ1) is 17.5. The SMILES string of the molecule is Cc1c(-n2c(/C=C/c3c[nH]c4ccccc34)nc3ccccc3c2=O)c(=O)n(-c2ccccc2)n1C. The first-order valence-electron chi connectivity index (χ1n) is 11.6. The Morgan fingerprint density at radius 1 is 0.806 bits per heavy atom. The molecule has 7 nitrogen and oxygen atoms in total. The van der Waals surface area contributed by atoms with E-state index in [4.69, 9.17) is 4.98 Å². The average molecular weight is 474 g/mol. The fraction of sp³-hybridized carbons (Fsp3) is 0.0690. The van der Waals surface area contributed by atoms with Crippen LogP contribution < -0.4 is 11.1 Å². The van der Waals surface area contributed by atoms with E-state index in [1.165, 1.54) is 4.57 Å². The number of benzene rings is 3. The van der Waals surface area contributed by atoms with Crippen LogP contribution in [0.15, 0.2) is 94.6 Å². The molecule has 6 rings (SSSR count). The van der Waals surface area contributed by atoms with Crippen LogP contribution in [0, 0.1) is 6.92 Å². The van der Waals surface area contributed by atoms with Crippen molar-refractivity contribution in [3.63, 3.8) is 0 Å². The summed E-state index contributed by atoms with van der Waals surface area (Å²) in [6.07, 6.45) is 5.63. The molecule has 0 unspecified atom stereocenters. The molecule has 0 saturated carbocycles. The molecule has 3 aromatic heterocycles. The highest BCUT2D eigenvalue weighted by Gasteiger charge is 2.22. The van der Waals surface area contributed by atoms with Gasteiger partial charge in [0.2, 0.25) is 0 Å². The summed E-state index contributed by atoms with van der Waals surface area (Å²) in [6, 6.07) is 24.6. The van der Waals surface area contributed by atoms with Crippen molar-refractivity contribution < 1.29 is 0 Å². The van der Waals surface area contributed by atoms with Gasteiger partial charge in [-0.25, -0.2) is 9.67 Å². The Kier molecular flexibility index (Phi) is 5.04. The van der Waals surface area contributed by atoms with Gasteiger partial charge in [-0.1, -0.05) is 48.5 Å². The van der Waals surface area contributed by atoms with E-state index in [1.54, 1.807) is 27.6 Å². The quantitative estimate of drug-likeness (QED) is 0.398. The summed E-state index contributed by atoms with van der Waals surface area (Å²) in [7, 11) is 1.81. The van der Waals surface area contributed by atoms with Gasteiger partial charge in [-0.05, 0) is 55.0 Å². The Labute approximate surface area is 206 Å². The molecule has 0 atom stereocenters. The van der Waals surface area contributed by atoms with Gasteiger partial charge in [-0.3, -0.25) is 18.8 Å². The van der Waals surface area contributed by atoms with Crippen LogP contribution in [0.5, 0.6) is 0 Å². The molecule has 3 heterocycles. The van der Waals surface area contributed by atoms with Crippen molar-refractivity contribution in [2.45, 2.75) is 6.92 Å². The van der Waals surface area contributed by atoms with Crippen LogP contribution in [0.1, 0.15) is 17.1 Å². The van der Waals surface area contributed by atoms with Crippen LogP contribution in [0.3, 0.4) is 0 Å². The second kappa shape index (κ2) is 8.39.